The monoisotopic (exact) mass is 244 g/mol. The van der Waals surface area contributed by atoms with Gasteiger partial charge in [0.05, 0.1) is 11.0 Å². The van der Waals surface area contributed by atoms with E-state index < -0.39 is 17.4 Å². The van der Waals surface area contributed by atoms with Crippen molar-refractivity contribution in [2.24, 2.45) is 11.3 Å². The van der Waals surface area contributed by atoms with E-state index >= 15 is 0 Å². The maximum absolute atomic E-state index is 11.6. The summed E-state index contributed by atoms with van der Waals surface area (Å²) in [7, 11) is 0.272. The van der Waals surface area contributed by atoms with Crippen LogP contribution in [0.25, 0.3) is 0 Å². The van der Waals surface area contributed by atoms with E-state index in [0.29, 0.717) is 5.57 Å². The van der Waals surface area contributed by atoms with Crippen molar-refractivity contribution in [3.63, 3.8) is 0 Å². The Kier molecular flexibility index (Phi) is 4.93. The largest absolute Gasteiger partial charge is 0.528 e. The van der Waals surface area contributed by atoms with Crippen LogP contribution >= 0.6 is 0 Å². The smallest absolute Gasteiger partial charge is 0.332 e. The summed E-state index contributed by atoms with van der Waals surface area (Å²) in [6, 6.07) is 0. The third kappa shape index (κ3) is 2.94. The van der Waals surface area contributed by atoms with Crippen molar-refractivity contribution < 1.29 is 19.1 Å². The first-order valence-electron chi connectivity index (χ1n) is 5.19. The third-order valence-corrected chi connectivity index (χ3v) is 3.17. The quantitative estimate of drug-likeness (QED) is 0.589. The first-order chi connectivity index (χ1) is 7.16. The maximum atomic E-state index is 11.6. The van der Waals surface area contributed by atoms with Crippen LogP contribution in [0.3, 0.4) is 0 Å². The topological polar surface area (TPSA) is 63.6 Å². The second-order valence-electron chi connectivity index (χ2n) is 4.63. The minimum absolute atomic E-state index is 0.0901. The van der Waals surface area contributed by atoms with Gasteiger partial charge >= 0.3 is 11.9 Å². The maximum Gasteiger partial charge on any atom is 0.332 e. The molecule has 1 N–H and O–H groups in total. The van der Waals surface area contributed by atoms with E-state index in [4.69, 9.17) is 4.43 Å². The van der Waals surface area contributed by atoms with Gasteiger partial charge in [-0.2, -0.15) is 0 Å². The molecule has 0 rings (SSSR count). The fourth-order valence-electron chi connectivity index (χ4n) is 1.57. The zero-order valence-corrected chi connectivity index (χ0v) is 12.7. The normalized spacial score (nSPS) is 13.6. The van der Waals surface area contributed by atoms with Crippen molar-refractivity contribution in [2.45, 2.75) is 34.6 Å². The van der Waals surface area contributed by atoms with Crippen molar-refractivity contribution in [3.05, 3.63) is 11.1 Å². The van der Waals surface area contributed by atoms with Gasteiger partial charge in [-0.3, -0.25) is 4.79 Å². The lowest BCUT2D eigenvalue weighted by atomic mass is 9.79. The molecule has 0 radical (unpaired) electrons. The SMILES string of the molecule is CC(=C(C(=O)O)C(C)(C)C(=O)O[SiH3])C(C)C. The molecule has 0 aromatic heterocycles. The molecule has 0 bridgehead atoms. The molecule has 0 atom stereocenters. The molecule has 0 spiro atoms. The molecular weight excluding hydrogens is 224 g/mol. The van der Waals surface area contributed by atoms with Crippen LogP contribution in [0.1, 0.15) is 34.6 Å². The average molecular weight is 244 g/mol. The first kappa shape index (κ1) is 14.9. The first-order valence-corrected chi connectivity index (χ1v) is 6.00. The second-order valence-corrected chi connectivity index (χ2v) is 5.04. The van der Waals surface area contributed by atoms with E-state index in [2.05, 4.69) is 0 Å². The molecule has 0 amide bonds. The number of allylic oxidation sites excluding steroid dienone is 1. The Hall–Kier alpha value is -1.10. The van der Waals surface area contributed by atoms with E-state index in [9.17, 15) is 14.7 Å². The predicted octanol–water partition coefficient (Wildman–Crippen LogP) is 0.893. The third-order valence-electron chi connectivity index (χ3n) is 2.79. The number of carbonyl (C=O) groups excluding carboxylic acids is 1. The van der Waals surface area contributed by atoms with Crippen LogP contribution in [0, 0.1) is 11.3 Å². The standard InChI is InChI=1S/C11H20O4Si/c1-6(2)7(3)8(9(12)13)11(4,5)10(14)15-16/h6H,1-5,16H3,(H,12,13). The van der Waals surface area contributed by atoms with E-state index in [1.807, 2.05) is 13.8 Å². The molecule has 0 aliphatic heterocycles. The van der Waals surface area contributed by atoms with Crippen molar-refractivity contribution in [2.75, 3.05) is 0 Å². The second kappa shape index (κ2) is 5.29. The van der Waals surface area contributed by atoms with Gasteiger partial charge in [0.1, 0.15) is 0 Å². The number of rotatable bonds is 4. The fourth-order valence-corrected chi connectivity index (χ4v) is 2.09. The lowest BCUT2D eigenvalue weighted by molar-refractivity contribution is -0.145. The molecule has 0 aliphatic rings. The summed E-state index contributed by atoms with van der Waals surface area (Å²) in [4.78, 5) is 22.9. The zero-order valence-electron chi connectivity index (χ0n) is 10.7. The highest BCUT2D eigenvalue weighted by Crippen LogP contribution is 2.32. The molecule has 0 heterocycles. The molecule has 16 heavy (non-hydrogen) atoms. The number of carboxylic acid groups (broad SMARTS) is 1. The zero-order chi connectivity index (χ0) is 13.1. The number of carboxylic acids is 1. The number of hydrogen-bond acceptors (Lipinski definition) is 3. The van der Waals surface area contributed by atoms with E-state index in [0.717, 1.165) is 0 Å². The van der Waals surface area contributed by atoms with Gasteiger partial charge in [-0.15, -0.1) is 0 Å². The molecule has 0 aliphatic carbocycles. The van der Waals surface area contributed by atoms with Crippen LogP contribution in [0.15, 0.2) is 11.1 Å². The van der Waals surface area contributed by atoms with Gasteiger partial charge in [0.2, 0.25) is 10.5 Å². The molecule has 0 saturated carbocycles. The highest BCUT2D eigenvalue weighted by Gasteiger charge is 2.38. The van der Waals surface area contributed by atoms with Crippen LogP contribution in [0.4, 0.5) is 0 Å². The Morgan fingerprint density at radius 1 is 1.31 bits per heavy atom. The Morgan fingerprint density at radius 2 is 1.75 bits per heavy atom. The minimum atomic E-state index is -1.10. The molecule has 0 aromatic carbocycles. The number of carbonyl (C=O) groups is 2. The Morgan fingerprint density at radius 3 is 2.00 bits per heavy atom. The summed E-state index contributed by atoms with van der Waals surface area (Å²) < 4.78 is 4.78. The summed E-state index contributed by atoms with van der Waals surface area (Å²) >= 11 is 0. The molecule has 92 valence electrons. The van der Waals surface area contributed by atoms with Gasteiger partial charge in [-0.05, 0) is 26.7 Å². The molecule has 4 nitrogen and oxygen atoms in total. The van der Waals surface area contributed by atoms with Crippen LogP contribution in [-0.2, 0) is 14.0 Å². The summed E-state index contributed by atoms with van der Waals surface area (Å²) in [5, 5.41) is 9.22. The van der Waals surface area contributed by atoms with Crippen LogP contribution < -0.4 is 0 Å². The molecule has 5 heteroatoms. The van der Waals surface area contributed by atoms with Gasteiger partial charge in [-0.25, -0.2) is 4.79 Å². The Balaban J connectivity index is 5.65. The molecular formula is C11H20O4Si. The molecule has 0 saturated heterocycles. The van der Waals surface area contributed by atoms with Gasteiger partial charge in [0.15, 0.2) is 0 Å². The predicted molar refractivity (Wildman–Crippen MR) is 65.0 cm³/mol. The summed E-state index contributed by atoms with van der Waals surface area (Å²) in [5.74, 6) is -1.44. The summed E-state index contributed by atoms with van der Waals surface area (Å²) in [6.45, 7) is 8.72. The minimum Gasteiger partial charge on any atom is -0.528 e. The Labute approximate surface area is 99.2 Å². The average Bonchev–Trinajstić information content (AvgIpc) is 2.15. The Bertz CT molecular complexity index is 329. The van der Waals surface area contributed by atoms with E-state index in [1.165, 1.54) is 0 Å². The van der Waals surface area contributed by atoms with Gasteiger partial charge in [0.25, 0.3) is 0 Å². The summed E-state index contributed by atoms with van der Waals surface area (Å²) in [6.07, 6.45) is 0. The van der Waals surface area contributed by atoms with Gasteiger partial charge < -0.3 is 9.53 Å². The van der Waals surface area contributed by atoms with Crippen molar-refractivity contribution in [1.29, 1.82) is 0 Å². The number of hydrogen-bond donors (Lipinski definition) is 1. The van der Waals surface area contributed by atoms with Crippen molar-refractivity contribution >= 4 is 22.4 Å². The van der Waals surface area contributed by atoms with Crippen LogP contribution in [0.5, 0.6) is 0 Å². The van der Waals surface area contributed by atoms with Gasteiger partial charge in [-0.1, -0.05) is 19.4 Å². The van der Waals surface area contributed by atoms with Crippen molar-refractivity contribution in [1.82, 2.24) is 0 Å². The molecule has 0 fully saturated rings. The lowest BCUT2D eigenvalue weighted by Gasteiger charge is -2.26. The fraction of sp³-hybridized carbons (Fsp3) is 0.636. The lowest BCUT2D eigenvalue weighted by Crippen LogP contribution is -2.33. The highest BCUT2D eigenvalue weighted by atomic mass is 28.2. The van der Waals surface area contributed by atoms with E-state index in [1.54, 1.807) is 20.8 Å². The molecule has 0 aromatic rings. The summed E-state index contributed by atoms with van der Waals surface area (Å²) in [5.41, 5.74) is -0.241. The van der Waals surface area contributed by atoms with Gasteiger partial charge in [0, 0.05) is 0 Å². The highest BCUT2D eigenvalue weighted by molar-refractivity contribution is 6.08. The van der Waals surface area contributed by atoms with Crippen LogP contribution in [-0.4, -0.2) is 27.5 Å². The van der Waals surface area contributed by atoms with E-state index in [-0.39, 0.29) is 22.0 Å². The van der Waals surface area contributed by atoms with Crippen LogP contribution in [0.2, 0.25) is 0 Å². The number of aliphatic carboxylic acids is 1. The molecule has 0 unspecified atom stereocenters. The van der Waals surface area contributed by atoms with Crippen molar-refractivity contribution in [3.8, 4) is 0 Å².